The fraction of sp³-hybridized carbons (Fsp3) is 0.429. The molecule has 0 spiro atoms. The van der Waals surface area contributed by atoms with Gasteiger partial charge in [-0.05, 0) is 36.9 Å². The molecule has 0 atom stereocenters. The van der Waals surface area contributed by atoms with Crippen molar-refractivity contribution >= 4 is 28.7 Å². The summed E-state index contributed by atoms with van der Waals surface area (Å²) in [5.74, 6) is -0.124. The van der Waals surface area contributed by atoms with Gasteiger partial charge in [0.1, 0.15) is 0 Å². The largest absolute Gasteiger partial charge is 0.352 e. The van der Waals surface area contributed by atoms with E-state index in [1.807, 2.05) is 38.1 Å². The summed E-state index contributed by atoms with van der Waals surface area (Å²) in [6.07, 6.45) is 2.26. The molecular formula is C21H26ClN5O3. The third-order valence-electron chi connectivity index (χ3n) is 4.93. The van der Waals surface area contributed by atoms with Crippen molar-refractivity contribution in [3.63, 3.8) is 0 Å². The Bertz CT molecular complexity index is 1160. The van der Waals surface area contributed by atoms with Crippen LogP contribution in [-0.4, -0.2) is 25.0 Å². The fourth-order valence-electron chi connectivity index (χ4n) is 3.36. The Kier molecular flexibility index (Phi) is 7.10. The molecule has 8 nitrogen and oxygen atoms in total. The lowest BCUT2D eigenvalue weighted by Crippen LogP contribution is -2.40. The summed E-state index contributed by atoms with van der Waals surface area (Å²) in [4.78, 5) is 44.6. The van der Waals surface area contributed by atoms with Gasteiger partial charge < -0.3 is 10.3 Å². The lowest BCUT2D eigenvalue weighted by atomic mass is 10.1. The molecule has 1 amide bonds. The number of aryl methyl sites for hydroxylation is 2. The van der Waals surface area contributed by atoms with Crippen molar-refractivity contribution in [3.8, 4) is 0 Å². The highest BCUT2D eigenvalue weighted by Gasteiger charge is 2.16. The number of H-pyrrole nitrogens is 1. The molecule has 0 fully saturated rings. The van der Waals surface area contributed by atoms with Gasteiger partial charge >= 0.3 is 5.69 Å². The van der Waals surface area contributed by atoms with Gasteiger partial charge in [-0.2, -0.15) is 4.98 Å². The van der Waals surface area contributed by atoms with Crippen molar-refractivity contribution in [1.82, 2.24) is 24.4 Å². The molecule has 0 saturated carbocycles. The summed E-state index contributed by atoms with van der Waals surface area (Å²) in [5.41, 5.74) is 1.75. The van der Waals surface area contributed by atoms with Gasteiger partial charge in [0.25, 0.3) is 5.56 Å². The smallest absolute Gasteiger partial charge is 0.332 e. The zero-order valence-electron chi connectivity index (χ0n) is 17.2. The quantitative estimate of drug-likeness (QED) is 0.508. The number of hydrogen-bond donors (Lipinski definition) is 2. The van der Waals surface area contributed by atoms with Crippen LogP contribution in [0.1, 0.15) is 43.7 Å². The molecule has 0 unspecified atom stereocenters. The van der Waals surface area contributed by atoms with Crippen molar-refractivity contribution in [2.45, 2.75) is 59.2 Å². The van der Waals surface area contributed by atoms with E-state index < -0.39 is 11.2 Å². The molecule has 1 aromatic carbocycles. The summed E-state index contributed by atoms with van der Waals surface area (Å²) in [5, 5.41) is 2.94. The molecular weight excluding hydrogens is 406 g/mol. The van der Waals surface area contributed by atoms with Gasteiger partial charge in [0.05, 0.1) is 0 Å². The molecule has 0 aliphatic rings. The number of imidazole rings is 1. The minimum atomic E-state index is -0.470. The Balaban J connectivity index is 1.68. The number of hydrogen-bond acceptors (Lipinski definition) is 4. The van der Waals surface area contributed by atoms with Gasteiger partial charge in [-0.1, -0.05) is 43.2 Å². The van der Waals surface area contributed by atoms with Crippen LogP contribution < -0.4 is 16.6 Å². The van der Waals surface area contributed by atoms with Crippen LogP contribution in [0.4, 0.5) is 0 Å². The van der Waals surface area contributed by atoms with Crippen LogP contribution in [0.15, 0.2) is 33.9 Å². The van der Waals surface area contributed by atoms with E-state index in [2.05, 4.69) is 15.3 Å². The molecule has 3 rings (SSSR count). The number of benzene rings is 1. The molecule has 160 valence electrons. The zero-order chi connectivity index (χ0) is 21.7. The Morgan fingerprint density at radius 3 is 2.70 bits per heavy atom. The maximum Gasteiger partial charge on any atom is 0.332 e. The van der Waals surface area contributed by atoms with Gasteiger partial charge in [-0.25, -0.2) is 4.79 Å². The lowest BCUT2D eigenvalue weighted by Gasteiger charge is -2.11. The highest BCUT2D eigenvalue weighted by molar-refractivity contribution is 6.28. The molecule has 9 heteroatoms. The van der Waals surface area contributed by atoms with Gasteiger partial charge in [-0.3, -0.25) is 18.7 Å². The highest BCUT2D eigenvalue weighted by Crippen LogP contribution is 2.10. The van der Waals surface area contributed by atoms with E-state index in [1.165, 1.54) is 4.57 Å². The van der Waals surface area contributed by atoms with Gasteiger partial charge in [0.15, 0.2) is 11.2 Å². The second kappa shape index (κ2) is 9.75. The number of unbranched alkanes of at least 4 members (excludes halogenated alkanes) is 1. The van der Waals surface area contributed by atoms with Crippen molar-refractivity contribution in [3.05, 3.63) is 61.5 Å². The van der Waals surface area contributed by atoms with Crippen LogP contribution in [-0.2, 0) is 24.4 Å². The van der Waals surface area contributed by atoms with Crippen LogP contribution >= 0.6 is 11.6 Å². The average molecular weight is 432 g/mol. The number of nitrogens with zero attached hydrogens (tertiary/aromatic N) is 3. The van der Waals surface area contributed by atoms with Gasteiger partial charge in [0, 0.05) is 26.1 Å². The molecule has 2 heterocycles. The number of aromatic amines is 1. The van der Waals surface area contributed by atoms with Gasteiger partial charge in [0.2, 0.25) is 11.2 Å². The Hall–Kier alpha value is -2.87. The molecule has 0 bridgehead atoms. The molecule has 2 N–H and O–H groups in total. The summed E-state index contributed by atoms with van der Waals surface area (Å²) >= 11 is 5.92. The minimum Gasteiger partial charge on any atom is -0.352 e. The molecule has 30 heavy (non-hydrogen) atoms. The molecule has 3 aromatic rings. The maximum atomic E-state index is 12.9. The first-order valence-corrected chi connectivity index (χ1v) is 10.5. The Morgan fingerprint density at radius 1 is 1.20 bits per heavy atom. The van der Waals surface area contributed by atoms with Crippen molar-refractivity contribution < 1.29 is 4.79 Å². The normalized spacial score (nSPS) is 11.2. The van der Waals surface area contributed by atoms with Crippen molar-refractivity contribution in [2.24, 2.45) is 0 Å². The number of carbonyl (C=O) groups excluding carboxylic acids is 1. The molecule has 0 saturated heterocycles. The summed E-state index contributed by atoms with van der Waals surface area (Å²) < 4.78 is 2.63. The van der Waals surface area contributed by atoms with Crippen molar-refractivity contribution in [2.75, 3.05) is 0 Å². The predicted molar refractivity (Wildman–Crippen MR) is 117 cm³/mol. The number of amides is 1. The molecule has 0 radical (unpaired) electrons. The highest BCUT2D eigenvalue weighted by atomic mass is 35.5. The third kappa shape index (κ3) is 4.99. The first kappa shape index (κ1) is 21.8. The standard InChI is InChI=1S/C21H26ClN5O3/c1-3-4-10-26-18-17(24-20(22)25-18)19(29)27(21(26)30)11-6-9-16(28)23-13-15-8-5-7-14(2)12-15/h5,7-8,12H,3-4,6,9-11,13H2,1-2H3,(H,23,28)(H,24,25). The predicted octanol–water partition coefficient (Wildman–Crippen LogP) is 2.74. The van der Waals surface area contributed by atoms with E-state index in [0.717, 1.165) is 28.5 Å². The topological polar surface area (TPSA) is 102 Å². The number of nitrogens with one attached hydrogen (secondary N) is 2. The third-order valence-corrected chi connectivity index (χ3v) is 5.10. The second-order valence-electron chi connectivity index (χ2n) is 7.34. The molecule has 0 aliphatic heterocycles. The van der Waals surface area contributed by atoms with E-state index in [1.54, 1.807) is 0 Å². The van der Waals surface area contributed by atoms with E-state index in [-0.39, 0.29) is 35.3 Å². The zero-order valence-corrected chi connectivity index (χ0v) is 18.0. The van der Waals surface area contributed by atoms with E-state index in [0.29, 0.717) is 19.5 Å². The van der Waals surface area contributed by atoms with Crippen LogP contribution in [0.5, 0.6) is 0 Å². The SMILES string of the molecule is CCCCn1c(=O)n(CCCC(=O)NCc2cccc(C)c2)c(=O)c2[nH]c(Cl)nc21. The number of aromatic nitrogens is 4. The maximum absolute atomic E-state index is 12.9. The second-order valence-corrected chi connectivity index (χ2v) is 7.70. The monoisotopic (exact) mass is 431 g/mol. The fourth-order valence-corrected chi connectivity index (χ4v) is 3.54. The van der Waals surface area contributed by atoms with Crippen LogP contribution in [0.2, 0.25) is 5.28 Å². The van der Waals surface area contributed by atoms with Crippen molar-refractivity contribution in [1.29, 1.82) is 0 Å². The number of carbonyl (C=O) groups is 1. The van der Waals surface area contributed by atoms with Crippen LogP contribution in [0, 0.1) is 6.92 Å². The first-order valence-electron chi connectivity index (χ1n) is 10.1. The first-order chi connectivity index (χ1) is 14.4. The summed E-state index contributed by atoms with van der Waals surface area (Å²) in [6.45, 7) is 5.06. The Morgan fingerprint density at radius 2 is 1.97 bits per heavy atom. The number of rotatable bonds is 9. The summed E-state index contributed by atoms with van der Waals surface area (Å²) in [7, 11) is 0. The van der Waals surface area contributed by atoms with Gasteiger partial charge in [-0.15, -0.1) is 0 Å². The minimum absolute atomic E-state index is 0.0695. The Labute approximate surface area is 178 Å². The number of fused-ring (bicyclic) bond motifs is 1. The lowest BCUT2D eigenvalue weighted by molar-refractivity contribution is -0.121. The molecule has 0 aliphatic carbocycles. The van der Waals surface area contributed by atoms with Crippen LogP contribution in [0.25, 0.3) is 11.2 Å². The van der Waals surface area contributed by atoms with Crippen LogP contribution in [0.3, 0.4) is 0 Å². The van der Waals surface area contributed by atoms with E-state index >= 15 is 0 Å². The van der Waals surface area contributed by atoms with E-state index in [4.69, 9.17) is 11.6 Å². The average Bonchev–Trinajstić information content (AvgIpc) is 3.10. The van der Waals surface area contributed by atoms with E-state index in [9.17, 15) is 14.4 Å². The molecule has 2 aromatic heterocycles. The summed E-state index contributed by atoms with van der Waals surface area (Å²) in [6, 6.07) is 7.92. The number of halogens is 1.